The zero-order valence-corrected chi connectivity index (χ0v) is 9.54. The fraction of sp³-hybridized carbons (Fsp3) is 0.200. The van der Waals surface area contributed by atoms with Crippen molar-refractivity contribution >= 4 is 36.0 Å². The van der Waals surface area contributed by atoms with Gasteiger partial charge in [0, 0.05) is 17.2 Å². The van der Waals surface area contributed by atoms with Gasteiger partial charge in [0.15, 0.2) is 0 Å². The second-order valence-electron chi connectivity index (χ2n) is 2.88. The molecule has 0 aliphatic rings. The van der Waals surface area contributed by atoms with Crippen LogP contribution in [0.4, 0.5) is 5.69 Å². The summed E-state index contributed by atoms with van der Waals surface area (Å²) < 4.78 is 0. The highest BCUT2D eigenvalue weighted by molar-refractivity contribution is 7.80. The first kappa shape index (κ1) is 12.1. The number of nitro groups is 1. The second kappa shape index (κ2) is 5.78. The maximum atomic E-state index is 10.5. The third-order valence-electron chi connectivity index (χ3n) is 1.78. The lowest BCUT2D eigenvalue weighted by Gasteiger charge is -1.98. The standard InChI is InChI=1S/C10H10ClNO2S/c11-10-5-4-9(12(13)14)7-8(10)3-1-2-6-15/h1,3-5,7,15H,2,6H2. The lowest BCUT2D eigenvalue weighted by Crippen LogP contribution is -1.88. The number of nitro benzene ring substituents is 1. The molecule has 0 atom stereocenters. The van der Waals surface area contributed by atoms with Gasteiger partial charge in [-0.1, -0.05) is 23.8 Å². The van der Waals surface area contributed by atoms with E-state index in [1.54, 1.807) is 6.08 Å². The highest BCUT2D eigenvalue weighted by Gasteiger charge is 2.07. The van der Waals surface area contributed by atoms with Crippen LogP contribution in [-0.2, 0) is 0 Å². The fourth-order valence-electron chi connectivity index (χ4n) is 1.06. The Hall–Kier alpha value is -1.00. The van der Waals surface area contributed by atoms with Crippen molar-refractivity contribution in [2.45, 2.75) is 6.42 Å². The van der Waals surface area contributed by atoms with E-state index < -0.39 is 4.92 Å². The van der Waals surface area contributed by atoms with Crippen LogP contribution >= 0.6 is 24.2 Å². The number of hydrogen-bond donors (Lipinski definition) is 1. The van der Waals surface area contributed by atoms with E-state index in [1.165, 1.54) is 18.2 Å². The van der Waals surface area contributed by atoms with E-state index in [9.17, 15) is 10.1 Å². The number of rotatable bonds is 4. The number of hydrogen-bond acceptors (Lipinski definition) is 3. The molecule has 80 valence electrons. The minimum atomic E-state index is -0.438. The van der Waals surface area contributed by atoms with Crippen LogP contribution in [0.3, 0.4) is 0 Å². The summed E-state index contributed by atoms with van der Waals surface area (Å²) in [7, 11) is 0. The van der Waals surface area contributed by atoms with Gasteiger partial charge in [-0.2, -0.15) is 12.6 Å². The smallest absolute Gasteiger partial charge is 0.258 e. The van der Waals surface area contributed by atoms with Gasteiger partial charge in [0.25, 0.3) is 5.69 Å². The lowest BCUT2D eigenvalue weighted by atomic mass is 10.2. The van der Waals surface area contributed by atoms with E-state index in [2.05, 4.69) is 12.6 Å². The number of halogens is 1. The van der Waals surface area contributed by atoms with Crippen LogP contribution in [-0.4, -0.2) is 10.7 Å². The molecule has 1 aromatic carbocycles. The van der Waals surface area contributed by atoms with Crippen LogP contribution in [0.25, 0.3) is 6.08 Å². The van der Waals surface area contributed by atoms with Gasteiger partial charge < -0.3 is 0 Å². The summed E-state index contributed by atoms with van der Waals surface area (Å²) in [6.45, 7) is 0. The molecule has 0 aromatic heterocycles. The van der Waals surface area contributed by atoms with Gasteiger partial charge in [0.1, 0.15) is 0 Å². The minimum Gasteiger partial charge on any atom is -0.258 e. The first-order valence-corrected chi connectivity index (χ1v) is 5.37. The number of nitrogens with zero attached hydrogens (tertiary/aromatic N) is 1. The molecule has 0 fully saturated rings. The van der Waals surface area contributed by atoms with Crippen molar-refractivity contribution < 1.29 is 4.92 Å². The Balaban J connectivity index is 2.95. The summed E-state index contributed by atoms with van der Waals surface area (Å²) in [6.07, 6.45) is 4.46. The minimum absolute atomic E-state index is 0.0462. The van der Waals surface area contributed by atoms with Gasteiger partial charge in [0.2, 0.25) is 0 Å². The Bertz CT molecular complexity index is 393. The molecule has 0 aliphatic heterocycles. The largest absolute Gasteiger partial charge is 0.270 e. The summed E-state index contributed by atoms with van der Waals surface area (Å²) in [4.78, 5) is 10.1. The van der Waals surface area contributed by atoms with Crippen molar-refractivity contribution in [3.05, 3.63) is 45.0 Å². The number of non-ortho nitro benzene ring substituents is 1. The highest BCUT2D eigenvalue weighted by atomic mass is 35.5. The monoisotopic (exact) mass is 243 g/mol. The van der Waals surface area contributed by atoms with Crippen molar-refractivity contribution in [2.75, 3.05) is 5.75 Å². The summed E-state index contributed by atoms with van der Waals surface area (Å²) in [6, 6.07) is 4.37. The number of allylic oxidation sites excluding steroid dienone is 1. The molecule has 0 saturated carbocycles. The fourth-order valence-corrected chi connectivity index (χ4v) is 1.39. The SMILES string of the molecule is O=[N+]([O-])c1ccc(Cl)c(C=CCCS)c1. The normalized spacial score (nSPS) is 10.8. The topological polar surface area (TPSA) is 43.1 Å². The Morgan fingerprint density at radius 3 is 2.87 bits per heavy atom. The first-order chi connectivity index (χ1) is 7.15. The molecule has 0 heterocycles. The summed E-state index contributed by atoms with van der Waals surface area (Å²) in [5, 5.41) is 11.0. The van der Waals surface area contributed by atoms with Crippen LogP contribution in [0.1, 0.15) is 12.0 Å². The Morgan fingerprint density at radius 1 is 1.53 bits per heavy atom. The van der Waals surface area contributed by atoms with Crippen LogP contribution in [0.2, 0.25) is 5.02 Å². The third kappa shape index (κ3) is 3.57. The summed E-state index contributed by atoms with van der Waals surface area (Å²) >= 11 is 9.94. The van der Waals surface area contributed by atoms with Crippen molar-refractivity contribution in [2.24, 2.45) is 0 Å². The summed E-state index contributed by atoms with van der Waals surface area (Å²) in [5.41, 5.74) is 0.706. The van der Waals surface area contributed by atoms with Crippen molar-refractivity contribution in [1.82, 2.24) is 0 Å². The maximum absolute atomic E-state index is 10.5. The van der Waals surface area contributed by atoms with Crippen LogP contribution < -0.4 is 0 Å². The molecule has 0 saturated heterocycles. The molecule has 1 aromatic rings. The van der Waals surface area contributed by atoms with Crippen LogP contribution in [0, 0.1) is 10.1 Å². The first-order valence-electron chi connectivity index (χ1n) is 4.36. The van der Waals surface area contributed by atoms with Gasteiger partial charge in [-0.15, -0.1) is 0 Å². The average Bonchev–Trinajstić information content (AvgIpc) is 2.20. The Kier molecular flexibility index (Phi) is 4.65. The Morgan fingerprint density at radius 2 is 2.27 bits per heavy atom. The molecule has 0 radical (unpaired) electrons. The van der Waals surface area contributed by atoms with Crippen molar-refractivity contribution in [3.63, 3.8) is 0 Å². The van der Waals surface area contributed by atoms with E-state index in [-0.39, 0.29) is 5.69 Å². The predicted octanol–water partition coefficient (Wildman–Crippen LogP) is 3.58. The Labute approximate surface area is 98.3 Å². The van der Waals surface area contributed by atoms with E-state index in [0.29, 0.717) is 10.6 Å². The van der Waals surface area contributed by atoms with Crippen LogP contribution in [0.15, 0.2) is 24.3 Å². The predicted molar refractivity (Wildman–Crippen MR) is 65.6 cm³/mol. The molecule has 3 nitrogen and oxygen atoms in total. The van der Waals surface area contributed by atoms with E-state index in [4.69, 9.17) is 11.6 Å². The average molecular weight is 244 g/mol. The van der Waals surface area contributed by atoms with Gasteiger partial charge >= 0.3 is 0 Å². The molecular weight excluding hydrogens is 234 g/mol. The number of benzene rings is 1. The molecule has 1 rings (SSSR count). The zero-order valence-electron chi connectivity index (χ0n) is 7.89. The van der Waals surface area contributed by atoms with Gasteiger partial charge in [-0.3, -0.25) is 10.1 Å². The molecular formula is C10H10ClNO2S. The van der Waals surface area contributed by atoms with Crippen molar-refractivity contribution in [3.8, 4) is 0 Å². The van der Waals surface area contributed by atoms with Gasteiger partial charge in [0.05, 0.1) is 4.92 Å². The maximum Gasteiger partial charge on any atom is 0.270 e. The molecule has 0 N–H and O–H groups in total. The molecule has 15 heavy (non-hydrogen) atoms. The zero-order chi connectivity index (χ0) is 11.3. The highest BCUT2D eigenvalue weighted by Crippen LogP contribution is 2.23. The van der Waals surface area contributed by atoms with Gasteiger partial charge in [-0.25, -0.2) is 0 Å². The molecule has 0 unspecified atom stereocenters. The van der Waals surface area contributed by atoms with Crippen molar-refractivity contribution in [1.29, 1.82) is 0 Å². The molecule has 5 heteroatoms. The second-order valence-corrected chi connectivity index (χ2v) is 3.73. The molecule has 0 bridgehead atoms. The van der Waals surface area contributed by atoms with Crippen LogP contribution in [0.5, 0.6) is 0 Å². The lowest BCUT2D eigenvalue weighted by molar-refractivity contribution is -0.384. The van der Waals surface area contributed by atoms with Gasteiger partial charge in [-0.05, 0) is 23.8 Å². The molecule has 0 aliphatic carbocycles. The summed E-state index contributed by atoms with van der Waals surface area (Å²) in [5.74, 6) is 0.739. The van der Waals surface area contributed by atoms with E-state index in [1.807, 2.05) is 6.08 Å². The molecule has 0 amide bonds. The van der Waals surface area contributed by atoms with E-state index in [0.717, 1.165) is 12.2 Å². The third-order valence-corrected chi connectivity index (χ3v) is 2.39. The molecule has 0 spiro atoms. The number of thiol groups is 1. The quantitative estimate of drug-likeness (QED) is 0.499. The van der Waals surface area contributed by atoms with E-state index >= 15 is 0 Å².